The van der Waals surface area contributed by atoms with Gasteiger partial charge in [0.2, 0.25) is 0 Å². The Labute approximate surface area is 109 Å². The first kappa shape index (κ1) is 14.2. The molecule has 1 aromatic heterocycles. The Balaban J connectivity index is 2.68. The fourth-order valence-corrected chi connectivity index (χ4v) is 1.65. The molecule has 0 atom stereocenters. The molecule has 0 bridgehead atoms. The molecular formula is C15H20N2O. The van der Waals surface area contributed by atoms with E-state index in [-0.39, 0.29) is 0 Å². The lowest BCUT2D eigenvalue weighted by atomic mass is 10.1. The smallest absolute Gasteiger partial charge is 0.124 e. The van der Waals surface area contributed by atoms with Crippen LogP contribution in [0.5, 0.6) is 0 Å². The Morgan fingerprint density at radius 1 is 1.28 bits per heavy atom. The van der Waals surface area contributed by atoms with Crippen molar-refractivity contribution in [3.05, 3.63) is 53.4 Å². The number of allylic oxidation sites excluding steroid dienone is 6. The first-order valence-corrected chi connectivity index (χ1v) is 6.09. The normalized spacial score (nSPS) is 13.3. The van der Waals surface area contributed by atoms with Gasteiger partial charge in [-0.1, -0.05) is 24.3 Å². The highest BCUT2D eigenvalue weighted by atomic mass is 16.1. The molecule has 0 aliphatic carbocycles. The van der Waals surface area contributed by atoms with Crippen LogP contribution in [-0.4, -0.2) is 16.1 Å². The molecule has 0 aliphatic heterocycles. The van der Waals surface area contributed by atoms with Crippen molar-refractivity contribution in [2.45, 2.75) is 26.7 Å². The Morgan fingerprint density at radius 3 is 2.44 bits per heavy atom. The molecule has 0 saturated carbocycles. The molecule has 0 N–H and O–H groups in total. The summed E-state index contributed by atoms with van der Waals surface area (Å²) in [7, 11) is 1.91. The zero-order valence-corrected chi connectivity index (χ0v) is 11.3. The van der Waals surface area contributed by atoms with E-state index in [1.54, 1.807) is 4.68 Å². The number of aromatic nitrogens is 2. The molecule has 0 radical (unpaired) electrons. The summed E-state index contributed by atoms with van der Waals surface area (Å²) >= 11 is 0. The Hall–Kier alpha value is -1.90. The predicted molar refractivity (Wildman–Crippen MR) is 74.2 cm³/mol. The van der Waals surface area contributed by atoms with Gasteiger partial charge in [0.25, 0.3) is 0 Å². The van der Waals surface area contributed by atoms with Crippen LogP contribution in [0, 0.1) is 0 Å². The molecule has 0 aromatic carbocycles. The van der Waals surface area contributed by atoms with Crippen LogP contribution in [0.3, 0.4) is 0 Å². The summed E-state index contributed by atoms with van der Waals surface area (Å²) in [5, 5.41) is 4.15. The molecule has 18 heavy (non-hydrogen) atoms. The SMILES string of the molecule is C\C=C(/C=C\C(=C/C)Cc1cnn(C)c1)CC=O. The maximum Gasteiger partial charge on any atom is 0.124 e. The summed E-state index contributed by atoms with van der Waals surface area (Å²) in [4.78, 5) is 10.5. The second-order valence-electron chi connectivity index (χ2n) is 4.13. The standard InChI is InChI=1S/C15H20N2O/c1-4-13(8-9-18)6-7-14(5-2)10-15-11-16-17(3)12-15/h4-7,9,11-12H,8,10H2,1-3H3/b7-6-,13-4+,14-5+. The maximum atomic E-state index is 10.5. The highest BCUT2D eigenvalue weighted by Crippen LogP contribution is 2.10. The number of carbonyl (C=O) groups is 1. The fourth-order valence-electron chi connectivity index (χ4n) is 1.65. The summed E-state index contributed by atoms with van der Waals surface area (Å²) in [6, 6.07) is 0. The van der Waals surface area contributed by atoms with Gasteiger partial charge in [0, 0.05) is 26.1 Å². The quantitative estimate of drug-likeness (QED) is 0.569. The first-order chi connectivity index (χ1) is 8.69. The van der Waals surface area contributed by atoms with Gasteiger partial charge in [0.15, 0.2) is 0 Å². The number of nitrogens with zero attached hydrogens (tertiary/aromatic N) is 2. The van der Waals surface area contributed by atoms with Gasteiger partial charge in [-0.15, -0.1) is 0 Å². The third-order valence-corrected chi connectivity index (χ3v) is 2.74. The van der Waals surface area contributed by atoms with Crippen molar-refractivity contribution in [2.24, 2.45) is 7.05 Å². The second-order valence-corrected chi connectivity index (χ2v) is 4.13. The monoisotopic (exact) mass is 244 g/mol. The van der Waals surface area contributed by atoms with Gasteiger partial charge in [0.1, 0.15) is 6.29 Å². The molecule has 0 spiro atoms. The predicted octanol–water partition coefficient (Wildman–Crippen LogP) is 3.00. The van der Waals surface area contributed by atoms with Crippen molar-refractivity contribution < 1.29 is 4.79 Å². The highest BCUT2D eigenvalue weighted by molar-refractivity contribution is 5.56. The minimum atomic E-state index is 0.469. The minimum Gasteiger partial charge on any atom is -0.303 e. The van der Waals surface area contributed by atoms with E-state index in [9.17, 15) is 4.79 Å². The molecule has 0 amide bonds. The second kappa shape index (κ2) is 7.43. The van der Waals surface area contributed by atoms with Crippen LogP contribution in [0.4, 0.5) is 0 Å². The lowest BCUT2D eigenvalue weighted by Gasteiger charge is -2.00. The van der Waals surface area contributed by atoms with E-state index in [0.717, 1.165) is 18.3 Å². The summed E-state index contributed by atoms with van der Waals surface area (Å²) in [6.45, 7) is 3.96. The van der Waals surface area contributed by atoms with Gasteiger partial charge < -0.3 is 4.79 Å². The largest absolute Gasteiger partial charge is 0.303 e. The van der Waals surface area contributed by atoms with Gasteiger partial charge in [-0.05, 0) is 30.6 Å². The summed E-state index contributed by atoms with van der Waals surface area (Å²) in [5.41, 5.74) is 3.44. The van der Waals surface area contributed by atoms with E-state index in [4.69, 9.17) is 0 Å². The van der Waals surface area contributed by atoms with Crippen molar-refractivity contribution in [1.29, 1.82) is 0 Å². The van der Waals surface area contributed by atoms with Crippen LogP contribution in [-0.2, 0) is 18.3 Å². The van der Waals surface area contributed by atoms with Crippen LogP contribution in [0.15, 0.2) is 47.8 Å². The van der Waals surface area contributed by atoms with Crippen molar-refractivity contribution >= 4 is 6.29 Å². The lowest BCUT2D eigenvalue weighted by Crippen LogP contribution is -1.88. The minimum absolute atomic E-state index is 0.469. The summed E-state index contributed by atoms with van der Waals surface area (Å²) in [5.74, 6) is 0. The van der Waals surface area contributed by atoms with Crippen LogP contribution < -0.4 is 0 Å². The topological polar surface area (TPSA) is 34.9 Å². The highest BCUT2D eigenvalue weighted by Gasteiger charge is 1.98. The van der Waals surface area contributed by atoms with Crippen LogP contribution in [0.2, 0.25) is 0 Å². The molecular weight excluding hydrogens is 224 g/mol. The molecule has 1 heterocycles. The lowest BCUT2D eigenvalue weighted by molar-refractivity contribution is -0.107. The number of rotatable bonds is 6. The van der Waals surface area contributed by atoms with E-state index in [2.05, 4.69) is 17.3 Å². The van der Waals surface area contributed by atoms with E-state index < -0.39 is 0 Å². The van der Waals surface area contributed by atoms with E-state index in [1.165, 1.54) is 11.1 Å². The number of aryl methyl sites for hydroxylation is 1. The molecule has 1 rings (SSSR count). The molecule has 0 fully saturated rings. The third kappa shape index (κ3) is 4.53. The number of aldehydes is 1. The number of hydrogen-bond donors (Lipinski definition) is 0. The molecule has 0 saturated heterocycles. The van der Waals surface area contributed by atoms with Crippen LogP contribution in [0.1, 0.15) is 25.8 Å². The zero-order valence-electron chi connectivity index (χ0n) is 11.3. The molecule has 96 valence electrons. The van der Waals surface area contributed by atoms with E-state index >= 15 is 0 Å². The van der Waals surface area contributed by atoms with E-state index in [0.29, 0.717) is 6.42 Å². The summed E-state index contributed by atoms with van der Waals surface area (Å²) in [6.07, 6.45) is 14.2. The van der Waals surface area contributed by atoms with Gasteiger partial charge in [-0.2, -0.15) is 5.10 Å². The third-order valence-electron chi connectivity index (χ3n) is 2.74. The maximum absolute atomic E-state index is 10.5. The van der Waals surface area contributed by atoms with Crippen molar-refractivity contribution in [3.63, 3.8) is 0 Å². The van der Waals surface area contributed by atoms with Crippen LogP contribution >= 0.6 is 0 Å². The molecule has 3 nitrogen and oxygen atoms in total. The number of carbonyl (C=O) groups excluding carboxylic acids is 1. The number of hydrogen-bond acceptors (Lipinski definition) is 2. The van der Waals surface area contributed by atoms with Gasteiger partial charge in [-0.3, -0.25) is 4.68 Å². The molecule has 3 heteroatoms. The average Bonchev–Trinajstić information content (AvgIpc) is 2.78. The molecule has 1 aromatic rings. The van der Waals surface area contributed by atoms with Gasteiger partial charge >= 0.3 is 0 Å². The Morgan fingerprint density at radius 2 is 1.94 bits per heavy atom. The Bertz CT molecular complexity index is 478. The van der Waals surface area contributed by atoms with E-state index in [1.807, 2.05) is 45.4 Å². The van der Waals surface area contributed by atoms with Crippen LogP contribution in [0.25, 0.3) is 0 Å². The van der Waals surface area contributed by atoms with Gasteiger partial charge in [-0.25, -0.2) is 0 Å². The molecule has 0 unspecified atom stereocenters. The van der Waals surface area contributed by atoms with Gasteiger partial charge in [0.05, 0.1) is 6.20 Å². The fraction of sp³-hybridized carbons (Fsp3) is 0.333. The Kier molecular flexibility index (Phi) is 5.85. The summed E-state index contributed by atoms with van der Waals surface area (Å²) < 4.78 is 1.80. The first-order valence-electron chi connectivity index (χ1n) is 6.09. The molecule has 0 aliphatic rings. The van der Waals surface area contributed by atoms with Crippen molar-refractivity contribution in [1.82, 2.24) is 9.78 Å². The van der Waals surface area contributed by atoms with Crippen molar-refractivity contribution in [2.75, 3.05) is 0 Å². The zero-order chi connectivity index (χ0) is 13.4. The average molecular weight is 244 g/mol. The van der Waals surface area contributed by atoms with Crippen molar-refractivity contribution in [3.8, 4) is 0 Å².